The van der Waals surface area contributed by atoms with Gasteiger partial charge in [0.2, 0.25) is 94.5 Å². The van der Waals surface area contributed by atoms with Crippen LogP contribution in [0.1, 0.15) is 156 Å². The molecule has 0 spiro atoms. The molecule has 3 aromatic carbocycles. The quantitative estimate of drug-likeness (QED) is 0.0269. The van der Waals surface area contributed by atoms with Crippen LogP contribution in [-0.2, 0) is 107 Å². The zero-order valence-electron chi connectivity index (χ0n) is 75.6. The Morgan fingerprint density at radius 2 is 1.28 bits per heavy atom. The van der Waals surface area contributed by atoms with Crippen LogP contribution < -0.4 is 64.6 Å². The Hall–Kier alpha value is -14.0. The van der Waals surface area contributed by atoms with Gasteiger partial charge in [-0.05, 0) is 109 Å². The van der Waals surface area contributed by atoms with Crippen molar-refractivity contribution in [2.24, 2.45) is 11.5 Å². The lowest BCUT2D eigenvalue weighted by Gasteiger charge is -2.32. The van der Waals surface area contributed by atoms with Gasteiger partial charge in [-0.25, -0.2) is 9.67 Å². The summed E-state index contributed by atoms with van der Waals surface area (Å²) in [4.78, 5) is 260. The molecule has 3 aliphatic heterocycles. The number of aliphatic hydroxyl groups is 2. The number of thioether (sulfide) groups is 1. The van der Waals surface area contributed by atoms with Crippen molar-refractivity contribution in [2.45, 2.75) is 228 Å². The lowest BCUT2D eigenvalue weighted by Crippen LogP contribution is -2.60. The van der Waals surface area contributed by atoms with Crippen LogP contribution >= 0.6 is 11.8 Å². The summed E-state index contributed by atoms with van der Waals surface area (Å²) in [7, 11) is 2.56. The second kappa shape index (κ2) is 49.5. The van der Waals surface area contributed by atoms with E-state index < -0.39 is 254 Å². The number of primary amides is 2. The monoisotopic (exact) mass is 1880 g/mol. The second-order valence-corrected chi connectivity index (χ2v) is 34.4. The number of fused-ring (bicyclic) bond motifs is 4. The fraction of sp³-hybridized carbons (Fsp3) is 0.494. The van der Waals surface area contributed by atoms with E-state index in [-0.39, 0.29) is 68.8 Å². The maximum Gasteiger partial charge on any atom is 0.305 e. The Morgan fingerprint density at radius 3 is 1.94 bits per heavy atom. The SMILES string of the molecule is C=C/C=C\c1c(C)cccc1C[C@@H]1NC(=O)[C@H](CO)NC(=O)[C@H](Cc2c[nH]c3ccccc23)NC(=O)[C@@H]2C[C@@H](O)CN2C(=O)[C@H](CCC(N)=O)NC(=O)[C@H](Cc2cnc[nH]2)NC(=O)[C@@H]2CCCN2C(=O)[C@H](CC(=O)O)NC(=O)[C@H](C)N(C)C(=O)[C@H](Cc2ccc(O)cc2)NC(=O)CSC[C@@H](C(=O)NCC(N)=O)NC(=O)[C@H](C)NC(=O)[C@H](CCCC)N(C)C(=O)[C@H](CCCC)n2nnnc21. The molecule has 0 aliphatic carbocycles. The van der Waals surface area contributed by atoms with Crippen LogP contribution in [0.25, 0.3) is 17.0 Å². The van der Waals surface area contributed by atoms with Crippen molar-refractivity contribution < 1.29 is 102 Å². The summed E-state index contributed by atoms with van der Waals surface area (Å²) in [6.45, 7) is 9.35. The minimum absolute atomic E-state index is 0.0236. The van der Waals surface area contributed by atoms with Crippen molar-refractivity contribution in [3.05, 3.63) is 144 Å². The van der Waals surface area contributed by atoms with Gasteiger partial charge < -0.3 is 115 Å². The number of hydrogen-bond donors (Lipinski definition) is 18. The minimum Gasteiger partial charge on any atom is -0.508 e. The Labute approximate surface area is 776 Å². The molecule has 6 heterocycles. The Morgan fingerprint density at radius 1 is 0.634 bits per heavy atom. The third-order valence-corrected chi connectivity index (χ3v) is 24.6. The number of hydrogen-bond acceptors (Lipinski definition) is 25. The van der Waals surface area contributed by atoms with E-state index in [1.807, 2.05) is 26.8 Å². The molecule has 0 unspecified atom stereocenters. The van der Waals surface area contributed by atoms with E-state index in [9.17, 15) is 73.2 Å². The second-order valence-electron chi connectivity index (χ2n) is 33.4. The van der Waals surface area contributed by atoms with Crippen LogP contribution in [-0.4, -0.2) is 306 Å². The molecule has 3 aromatic heterocycles. The number of nitrogens with two attached hydrogens (primary N) is 2. The highest BCUT2D eigenvalue weighted by Gasteiger charge is 2.47. The summed E-state index contributed by atoms with van der Waals surface area (Å²) in [6, 6.07) is -4.42. The normalized spacial score (nSPS) is 24.6. The molecule has 0 saturated carbocycles. The number of rotatable bonds is 25. The third kappa shape index (κ3) is 28.3. The van der Waals surface area contributed by atoms with Gasteiger partial charge in [-0.2, -0.15) is 0 Å². The topological polar surface area (TPSA) is 644 Å². The van der Waals surface area contributed by atoms with E-state index in [1.54, 1.807) is 60.8 Å². The van der Waals surface area contributed by atoms with E-state index in [2.05, 4.69) is 90.2 Å². The van der Waals surface area contributed by atoms with E-state index in [0.717, 1.165) is 32.0 Å². The van der Waals surface area contributed by atoms with E-state index in [4.69, 9.17) is 11.5 Å². The largest absolute Gasteiger partial charge is 0.508 e. The third-order valence-electron chi connectivity index (χ3n) is 23.6. The molecule has 0 bridgehead atoms. The number of aliphatic hydroxyl groups excluding tert-OH is 2. The first kappa shape index (κ1) is 104. The van der Waals surface area contributed by atoms with Crippen molar-refractivity contribution in [3.63, 3.8) is 0 Å². The number of allylic oxidation sites excluding steroid dienone is 2. The summed E-state index contributed by atoms with van der Waals surface area (Å²) < 4.78 is 1.21. The van der Waals surface area contributed by atoms with Crippen molar-refractivity contribution in [1.82, 2.24) is 108 Å². The fourth-order valence-corrected chi connectivity index (χ4v) is 17.0. The summed E-state index contributed by atoms with van der Waals surface area (Å²) in [6.07, 6.45) is 5.73. The number of tetrazole rings is 1. The van der Waals surface area contributed by atoms with E-state index in [0.29, 0.717) is 58.8 Å². The molecule has 6 aromatic rings. The van der Waals surface area contributed by atoms with Gasteiger partial charge in [0.1, 0.15) is 84.3 Å². The number of benzene rings is 3. The standard InChI is InChI=1S/C89H119N23O21S/c1-9-12-21-57-48(4)19-17-20-52(57)35-61-76-105-106-107-112(76)70(25-14-11-3)89(133)109(8)68(24-13-10-2)83(127)96-49(5)77(121)104-67(79(123)94-42-73(91)117)45-134-46-74(118)97-64(34-51-27-29-55(114)30-28-51)86(130)108(7)50(6)78(122)102-65(39-75(119)120)88(132)110-33-18-26-69(110)84(128)101-63(37-54-41-92-47-95-54)81(125)98-60(31-32-72(90)116)87(131)111-43-56(115)38-71(111)85(129)100-62(80(124)103-66(44-113)82(126)99-61)36-53-40-93-59-23-16-15-22-58(53)59/h9,12,15-17,19-23,27-30,40-41,47,49-50,56,60-71,93,113-115H,1,10-11,13-14,18,24-26,31-39,42-46H2,2-8H3,(H2,90,116)(H2,91,117)(H,92,95)(H,94,123)(H,96,127)(H,97,118)(H,98,125)(H,99,126)(H,100,129)(H,101,128)(H,102,122)(H,103,124)(H,104,121)(H,119,120)/b21-12-/t49-,50-,56+,60-,61-,62-,63-,64-,65-,66-,67-,68-,69-,70-,71-/m0/s1. The van der Waals surface area contributed by atoms with Crippen molar-refractivity contribution >= 4 is 129 Å². The predicted octanol–water partition coefficient (Wildman–Crippen LogP) is -2.25. The summed E-state index contributed by atoms with van der Waals surface area (Å²) in [5, 5.41) is 82.7. The smallest absolute Gasteiger partial charge is 0.305 e. The molecule has 45 heteroatoms. The van der Waals surface area contributed by atoms with Crippen LogP contribution in [0.5, 0.6) is 5.75 Å². The lowest BCUT2D eigenvalue weighted by molar-refractivity contribution is -0.147. The predicted molar refractivity (Wildman–Crippen MR) is 485 cm³/mol. The molecule has 15 atom stereocenters. The van der Waals surface area contributed by atoms with Crippen LogP contribution in [0.3, 0.4) is 0 Å². The number of nitrogens with zero attached hydrogens (tertiary/aromatic N) is 9. The van der Waals surface area contributed by atoms with Gasteiger partial charge in [-0.3, -0.25) is 81.5 Å². The number of aryl methyl sites for hydroxylation is 1. The average molecular weight is 1880 g/mol. The lowest BCUT2D eigenvalue weighted by atomic mass is 9.95. The molecule has 20 N–H and O–H groups in total. The number of carboxylic acids is 1. The molecular formula is C89H119N23O21S. The fourth-order valence-electron chi connectivity index (χ4n) is 16.1. The summed E-state index contributed by atoms with van der Waals surface area (Å²) in [5.41, 5.74) is 14.8. The van der Waals surface area contributed by atoms with Crippen LogP contribution in [0.2, 0.25) is 0 Å². The van der Waals surface area contributed by atoms with Gasteiger partial charge in [0, 0.05) is 100 Å². The van der Waals surface area contributed by atoms with Crippen molar-refractivity contribution in [3.8, 4) is 5.75 Å². The number of aromatic amines is 2. The summed E-state index contributed by atoms with van der Waals surface area (Å²) >= 11 is 0.767. The molecule has 134 heavy (non-hydrogen) atoms. The Balaban J connectivity index is 1.11. The summed E-state index contributed by atoms with van der Waals surface area (Å²) in [5.74, 6) is -18.5. The first-order valence-electron chi connectivity index (χ1n) is 44.2. The van der Waals surface area contributed by atoms with E-state index >= 15 is 28.8 Å². The number of H-pyrrole nitrogens is 2. The molecule has 9 rings (SSSR count). The number of aromatic nitrogens is 7. The van der Waals surface area contributed by atoms with Gasteiger partial charge in [0.25, 0.3) is 0 Å². The molecule has 3 aliphatic rings. The number of likely N-dealkylation sites (N-methyl/N-ethyl adjacent to an activating group) is 2. The number of imidazole rings is 1. The number of phenolic OH excluding ortho intramolecular Hbond substituents is 1. The molecule has 722 valence electrons. The first-order chi connectivity index (χ1) is 63.9. The number of amides is 16. The van der Waals surface area contributed by atoms with Crippen LogP contribution in [0.4, 0.5) is 0 Å². The molecule has 0 radical (unpaired) electrons. The zero-order chi connectivity index (χ0) is 97.7. The van der Waals surface area contributed by atoms with Crippen molar-refractivity contribution in [1.29, 1.82) is 0 Å². The highest BCUT2D eigenvalue weighted by Crippen LogP contribution is 2.31. The van der Waals surface area contributed by atoms with Crippen LogP contribution in [0.15, 0.2) is 104 Å². The maximum absolute atomic E-state index is 15.6. The number of phenols is 1. The number of nitrogens with one attached hydrogen (secondary N) is 12. The number of para-hydroxylation sites is 1. The number of carbonyl (C=O) groups is 17. The van der Waals surface area contributed by atoms with Crippen LogP contribution in [0, 0.1) is 6.92 Å². The van der Waals surface area contributed by atoms with Gasteiger partial charge in [0.05, 0.1) is 43.8 Å². The average Bonchev–Trinajstić information content (AvgIpc) is 1.63. The number of carbonyl (C=O) groups excluding carboxylic acids is 16. The van der Waals surface area contributed by atoms with E-state index in [1.165, 1.54) is 74.3 Å². The van der Waals surface area contributed by atoms with Gasteiger partial charge in [0.15, 0.2) is 5.82 Å². The molecule has 44 nitrogen and oxygen atoms in total. The first-order valence-corrected chi connectivity index (χ1v) is 45.3. The highest BCUT2D eigenvalue weighted by atomic mass is 32.2. The Bertz CT molecular complexity index is 5260. The highest BCUT2D eigenvalue weighted by molar-refractivity contribution is 8.00. The maximum atomic E-state index is 15.6. The number of unbranched alkanes of at least 4 members (excludes halogenated alkanes) is 2. The number of aromatic hydroxyl groups is 1. The number of carboxylic acid groups (broad SMARTS) is 1. The molecular weight excluding hydrogens is 1760 g/mol. The Kier molecular flexibility index (Phi) is 38.3. The molecule has 2 saturated heterocycles. The molecule has 16 amide bonds. The van der Waals surface area contributed by atoms with Gasteiger partial charge in [-0.1, -0.05) is 113 Å². The van der Waals surface area contributed by atoms with Gasteiger partial charge in [-0.15, -0.1) is 16.9 Å². The number of aliphatic carboxylic acids is 1. The zero-order valence-corrected chi connectivity index (χ0v) is 76.4. The van der Waals surface area contributed by atoms with Gasteiger partial charge >= 0.3 is 5.97 Å². The van der Waals surface area contributed by atoms with Crippen molar-refractivity contribution in [2.75, 3.05) is 51.8 Å². The molecule has 2 fully saturated rings. The minimum atomic E-state index is -1.93.